The van der Waals surface area contributed by atoms with Crippen molar-refractivity contribution in [2.45, 2.75) is 44.8 Å². The van der Waals surface area contributed by atoms with E-state index in [0.29, 0.717) is 6.54 Å². The molecule has 1 heterocycles. The molecule has 0 aliphatic carbocycles. The lowest BCUT2D eigenvalue weighted by atomic mass is 10.0. The van der Waals surface area contributed by atoms with Gasteiger partial charge in [0.15, 0.2) is 0 Å². The van der Waals surface area contributed by atoms with Crippen molar-refractivity contribution in [2.24, 2.45) is 5.73 Å². The number of hydrogen-bond acceptors (Lipinski definition) is 3. The molecule has 0 spiro atoms. The number of benzene rings is 1. The number of aliphatic hydroxyl groups is 1. The van der Waals surface area contributed by atoms with Gasteiger partial charge < -0.3 is 10.8 Å². The highest BCUT2D eigenvalue weighted by atomic mass is 16.3. The van der Waals surface area contributed by atoms with Crippen LogP contribution in [0.3, 0.4) is 0 Å². The molecule has 3 N–H and O–H groups in total. The molecule has 1 aromatic carbocycles. The molecule has 0 aromatic heterocycles. The molecule has 0 fully saturated rings. The number of fused-ring (bicyclic) bond motifs is 1. The van der Waals surface area contributed by atoms with E-state index >= 15 is 0 Å². The van der Waals surface area contributed by atoms with Crippen LogP contribution in [0.1, 0.15) is 37.3 Å². The van der Waals surface area contributed by atoms with Gasteiger partial charge in [-0.1, -0.05) is 24.3 Å². The highest BCUT2D eigenvalue weighted by molar-refractivity contribution is 5.27. The molecule has 0 saturated carbocycles. The van der Waals surface area contributed by atoms with Crippen molar-refractivity contribution in [1.82, 2.24) is 4.90 Å². The number of hydrogen-bond donors (Lipinski definition) is 2. The molecule has 1 aliphatic rings. The maximum Gasteiger partial charge on any atom is 0.0741 e. The van der Waals surface area contributed by atoms with Crippen LogP contribution in [0.4, 0.5) is 0 Å². The molecule has 3 heteroatoms. The van der Waals surface area contributed by atoms with Crippen LogP contribution in [0.2, 0.25) is 0 Å². The lowest BCUT2D eigenvalue weighted by Crippen LogP contribution is -2.35. The summed E-state index contributed by atoms with van der Waals surface area (Å²) in [6.07, 6.45) is 4.20. The maximum absolute atomic E-state index is 9.92. The van der Waals surface area contributed by atoms with E-state index in [1.165, 1.54) is 24.0 Å². The molecule has 19 heavy (non-hydrogen) atoms. The molecule has 1 aliphatic heterocycles. The number of aryl methyl sites for hydroxylation is 1. The monoisotopic (exact) mass is 262 g/mol. The van der Waals surface area contributed by atoms with Gasteiger partial charge >= 0.3 is 0 Å². The Morgan fingerprint density at radius 1 is 1.32 bits per heavy atom. The predicted octanol–water partition coefficient (Wildman–Crippen LogP) is 1.92. The topological polar surface area (TPSA) is 49.5 Å². The van der Waals surface area contributed by atoms with E-state index in [2.05, 4.69) is 29.2 Å². The quantitative estimate of drug-likeness (QED) is 0.852. The van der Waals surface area contributed by atoms with E-state index in [4.69, 9.17) is 5.73 Å². The molecule has 0 amide bonds. The van der Waals surface area contributed by atoms with Crippen LogP contribution < -0.4 is 5.73 Å². The van der Waals surface area contributed by atoms with Crippen LogP contribution in [0.5, 0.6) is 0 Å². The minimum atomic E-state index is -0.705. The summed E-state index contributed by atoms with van der Waals surface area (Å²) in [5, 5.41) is 9.92. The molecule has 1 unspecified atom stereocenters. The zero-order valence-electron chi connectivity index (χ0n) is 11.9. The molecule has 2 rings (SSSR count). The van der Waals surface area contributed by atoms with E-state index < -0.39 is 5.60 Å². The van der Waals surface area contributed by atoms with Crippen LogP contribution in [0, 0.1) is 0 Å². The number of nitrogens with zero attached hydrogens (tertiary/aromatic N) is 1. The van der Waals surface area contributed by atoms with Crippen molar-refractivity contribution >= 4 is 0 Å². The molecule has 0 radical (unpaired) electrons. The molecular formula is C16H26N2O. The van der Waals surface area contributed by atoms with Gasteiger partial charge in [0.2, 0.25) is 0 Å². The first-order chi connectivity index (χ1) is 9.11. The van der Waals surface area contributed by atoms with Crippen molar-refractivity contribution in [3.05, 3.63) is 35.4 Å². The van der Waals surface area contributed by atoms with Gasteiger partial charge in [-0.25, -0.2) is 0 Å². The first kappa shape index (κ1) is 14.5. The Labute approximate surface area is 116 Å². The second-order valence-corrected chi connectivity index (χ2v) is 5.95. The fourth-order valence-electron chi connectivity index (χ4n) is 2.75. The first-order valence-corrected chi connectivity index (χ1v) is 7.32. The van der Waals surface area contributed by atoms with Gasteiger partial charge in [0, 0.05) is 13.1 Å². The molecule has 3 nitrogen and oxygen atoms in total. The highest BCUT2D eigenvalue weighted by Crippen LogP contribution is 2.19. The lowest BCUT2D eigenvalue weighted by molar-refractivity contribution is 0.0541. The largest absolute Gasteiger partial charge is 0.389 e. The third-order valence-corrected chi connectivity index (χ3v) is 4.06. The Morgan fingerprint density at radius 3 is 2.79 bits per heavy atom. The van der Waals surface area contributed by atoms with Crippen LogP contribution in [-0.4, -0.2) is 35.2 Å². The Bertz CT molecular complexity index is 403. The van der Waals surface area contributed by atoms with Crippen molar-refractivity contribution in [1.29, 1.82) is 0 Å². The minimum Gasteiger partial charge on any atom is -0.389 e. The molecule has 0 bridgehead atoms. The average Bonchev–Trinajstić information content (AvgIpc) is 2.60. The fourth-order valence-corrected chi connectivity index (χ4v) is 2.75. The van der Waals surface area contributed by atoms with E-state index in [0.717, 1.165) is 32.5 Å². The van der Waals surface area contributed by atoms with E-state index in [1.54, 1.807) is 0 Å². The second kappa shape index (κ2) is 6.51. The first-order valence-electron chi connectivity index (χ1n) is 7.32. The van der Waals surface area contributed by atoms with Gasteiger partial charge in [0.25, 0.3) is 0 Å². The molecule has 1 aromatic rings. The third-order valence-electron chi connectivity index (χ3n) is 4.06. The van der Waals surface area contributed by atoms with Crippen LogP contribution in [0.25, 0.3) is 0 Å². The van der Waals surface area contributed by atoms with Crippen molar-refractivity contribution < 1.29 is 5.11 Å². The Hall–Kier alpha value is -0.900. The summed E-state index contributed by atoms with van der Waals surface area (Å²) in [6.45, 7) is 5.41. The summed E-state index contributed by atoms with van der Waals surface area (Å²) >= 11 is 0. The van der Waals surface area contributed by atoms with Gasteiger partial charge in [-0.05, 0) is 56.8 Å². The summed E-state index contributed by atoms with van der Waals surface area (Å²) < 4.78 is 0. The smallest absolute Gasteiger partial charge is 0.0741 e. The SMILES string of the molecule is CC(O)(CN)CCCN1CCCc2ccccc2C1. The fraction of sp³-hybridized carbons (Fsp3) is 0.625. The Kier molecular flexibility index (Phi) is 4.97. The summed E-state index contributed by atoms with van der Waals surface area (Å²) in [5.74, 6) is 0. The normalized spacial score (nSPS) is 19.5. The molecule has 1 atom stereocenters. The zero-order chi connectivity index (χ0) is 13.7. The van der Waals surface area contributed by atoms with Gasteiger partial charge in [-0.3, -0.25) is 4.90 Å². The van der Waals surface area contributed by atoms with Crippen LogP contribution in [0.15, 0.2) is 24.3 Å². The maximum atomic E-state index is 9.92. The molecular weight excluding hydrogens is 236 g/mol. The van der Waals surface area contributed by atoms with Crippen molar-refractivity contribution in [3.8, 4) is 0 Å². The van der Waals surface area contributed by atoms with Gasteiger partial charge in [0.1, 0.15) is 0 Å². The van der Waals surface area contributed by atoms with Crippen molar-refractivity contribution in [2.75, 3.05) is 19.6 Å². The van der Waals surface area contributed by atoms with Crippen LogP contribution >= 0.6 is 0 Å². The Balaban J connectivity index is 1.86. The molecule has 0 saturated heterocycles. The number of rotatable bonds is 5. The van der Waals surface area contributed by atoms with E-state index in [9.17, 15) is 5.11 Å². The average molecular weight is 262 g/mol. The van der Waals surface area contributed by atoms with E-state index in [-0.39, 0.29) is 0 Å². The predicted molar refractivity (Wildman–Crippen MR) is 79.0 cm³/mol. The van der Waals surface area contributed by atoms with E-state index in [1.807, 2.05) is 6.92 Å². The summed E-state index contributed by atoms with van der Waals surface area (Å²) in [4.78, 5) is 2.50. The zero-order valence-corrected chi connectivity index (χ0v) is 11.9. The van der Waals surface area contributed by atoms with Crippen LogP contribution in [-0.2, 0) is 13.0 Å². The summed E-state index contributed by atoms with van der Waals surface area (Å²) in [7, 11) is 0. The highest BCUT2D eigenvalue weighted by Gasteiger charge is 2.19. The van der Waals surface area contributed by atoms with Gasteiger partial charge in [-0.2, -0.15) is 0 Å². The lowest BCUT2D eigenvalue weighted by Gasteiger charge is -2.24. The molecule has 106 valence electrons. The van der Waals surface area contributed by atoms with Gasteiger partial charge in [0.05, 0.1) is 5.60 Å². The minimum absolute atomic E-state index is 0.343. The van der Waals surface area contributed by atoms with Crippen molar-refractivity contribution in [3.63, 3.8) is 0 Å². The standard InChI is InChI=1S/C16H26N2O/c1-16(19,13-17)9-5-11-18-10-4-8-14-6-2-3-7-15(14)12-18/h2-3,6-7,19H,4-5,8-13,17H2,1H3. The Morgan fingerprint density at radius 2 is 2.05 bits per heavy atom. The summed E-state index contributed by atoms with van der Waals surface area (Å²) in [6, 6.07) is 8.75. The van der Waals surface area contributed by atoms with Gasteiger partial charge in [-0.15, -0.1) is 0 Å². The number of nitrogens with two attached hydrogens (primary N) is 1. The summed E-state index contributed by atoms with van der Waals surface area (Å²) in [5.41, 5.74) is 7.81. The second-order valence-electron chi connectivity index (χ2n) is 5.95. The third kappa shape index (κ3) is 4.30.